The number of aromatic nitrogens is 3. The predicted octanol–water partition coefficient (Wildman–Crippen LogP) is 3.60. The zero-order valence-electron chi connectivity index (χ0n) is 17.9. The molecule has 0 aliphatic heterocycles. The topological polar surface area (TPSA) is 77.6 Å². The molecule has 0 fully saturated rings. The Morgan fingerprint density at radius 2 is 1.74 bits per heavy atom. The zero-order chi connectivity index (χ0) is 22.0. The van der Waals surface area contributed by atoms with Crippen LogP contribution >= 0.6 is 0 Å². The second-order valence-electron chi connectivity index (χ2n) is 7.18. The summed E-state index contributed by atoms with van der Waals surface area (Å²) in [6.07, 6.45) is 1.83. The Bertz CT molecular complexity index is 1210. The van der Waals surface area contributed by atoms with Crippen LogP contribution in [0, 0.1) is 0 Å². The van der Waals surface area contributed by atoms with E-state index >= 15 is 0 Å². The van der Waals surface area contributed by atoms with Gasteiger partial charge in [-0.2, -0.15) is 10.1 Å². The number of methoxy groups -OCH3 is 1. The SMILES string of the molecule is COc1cccc(C(=O)N(C)N(c2nc(-c3ccccc3)c3cc[nH]c3n2)N(C)C)c1. The standard InChI is InChI=1S/C23H24N6O2/c1-27(2)29(28(3)22(30)17-11-8-12-18(15-17)31-4)23-25-20(16-9-6-5-7-10-16)19-13-14-24-21(19)26-23/h5-15H,1-4H3,(H,24,25,26). The summed E-state index contributed by atoms with van der Waals surface area (Å²) < 4.78 is 5.26. The molecule has 4 rings (SSSR count). The number of H-pyrrole nitrogens is 1. The average molecular weight is 416 g/mol. The number of carbonyl (C=O) groups excluding carboxylic acids is 1. The van der Waals surface area contributed by atoms with Gasteiger partial charge in [0.15, 0.2) is 0 Å². The van der Waals surface area contributed by atoms with Gasteiger partial charge in [0.05, 0.1) is 12.8 Å². The summed E-state index contributed by atoms with van der Waals surface area (Å²) in [5.74, 6) is 0.771. The third-order valence-corrected chi connectivity index (χ3v) is 4.90. The van der Waals surface area contributed by atoms with Crippen molar-refractivity contribution in [3.63, 3.8) is 0 Å². The predicted molar refractivity (Wildman–Crippen MR) is 121 cm³/mol. The number of benzene rings is 2. The lowest BCUT2D eigenvalue weighted by atomic mass is 10.1. The number of aromatic amines is 1. The molecule has 0 unspecified atom stereocenters. The van der Waals surface area contributed by atoms with E-state index in [4.69, 9.17) is 9.72 Å². The molecule has 2 heterocycles. The van der Waals surface area contributed by atoms with Gasteiger partial charge in [-0.15, -0.1) is 0 Å². The number of rotatable bonds is 6. The van der Waals surface area contributed by atoms with Gasteiger partial charge in [-0.25, -0.2) is 15.0 Å². The largest absolute Gasteiger partial charge is 0.497 e. The van der Waals surface area contributed by atoms with Crippen LogP contribution in [0.4, 0.5) is 5.95 Å². The lowest BCUT2D eigenvalue weighted by molar-refractivity contribution is 0.0669. The van der Waals surface area contributed by atoms with Crippen LogP contribution in [-0.2, 0) is 0 Å². The fourth-order valence-corrected chi connectivity index (χ4v) is 3.45. The highest BCUT2D eigenvalue weighted by Crippen LogP contribution is 2.28. The molecule has 1 N–H and O–H groups in total. The van der Waals surface area contributed by atoms with E-state index in [9.17, 15) is 4.79 Å². The lowest BCUT2D eigenvalue weighted by Gasteiger charge is -2.36. The summed E-state index contributed by atoms with van der Waals surface area (Å²) in [7, 11) is 6.93. The number of hydrogen-bond acceptors (Lipinski definition) is 6. The molecule has 8 heteroatoms. The second-order valence-corrected chi connectivity index (χ2v) is 7.18. The van der Waals surface area contributed by atoms with Crippen molar-refractivity contribution in [2.24, 2.45) is 0 Å². The summed E-state index contributed by atoms with van der Waals surface area (Å²) in [6.45, 7) is 0. The second kappa shape index (κ2) is 8.45. The van der Waals surface area contributed by atoms with Gasteiger partial charge in [0.1, 0.15) is 11.4 Å². The maximum atomic E-state index is 13.2. The van der Waals surface area contributed by atoms with Gasteiger partial charge in [-0.05, 0) is 24.3 Å². The molecule has 4 aromatic rings. The van der Waals surface area contributed by atoms with Crippen LogP contribution < -0.4 is 9.85 Å². The van der Waals surface area contributed by atoms with Crippen LogP contribution in [-0.4, -0.2) is 59.1 Å². The monoisotopic (exact) mass is 416 g/mol. The number of hydrazine groups is 2. The van der Waals surface area contributed by atoms with E-state index in [1.54, 1.807) is 48.5 Å². The summed E-state index contributed by atoms with van der Waals surface area (Å²) in [5, 5.41) is 5.79. The van der Waals surface area contributed by atoms with Crippen molar-refractivity contribution in [3.05, 3.63) is 72.4 Å². The van der Waals surface area contributed by atoms with Gasteiger partial charge in [0, 0.05) is 43.9 Å². The summed E-state index contributed by atoms with van der Waals surface area (Å²) in [5.41, 5.74) is 2.95. The minimum Gasteiger partial charge on any atom is -0.497 e. The Kier molecular flexibility index (Phi) is 5.55. The molecule has 158 valence electrons. The normalized spacial score (nSPS) is 11.0. The molecule has 0 bridgehead atoms. The number of ether oxygens (including phenoxy) is 1. The molecule has 0 aliphatic carbocycles. The Labute approximate surface area is 180 Å². The number of nitrogens with zero attached hydrogens (tertiary/aromatic N) is 5. The molecule has 31 heavy (non-hydrogen) atoms. The van der Waals surface area contributed by atoms with Crippen molar-refractivity contribution in [2.75, 3.05) is 33.4 Å². The maximum absolute atomic E-state index is 13.2. The molecule has 0 saturated carbocycles. The van der Waals surface area contributed by atoms with E-state index in [0.29, 0.717) is 22.9 Å². The molecule has 0 atom stereocenters. The highest BCUT2D eigenvalue weighted by Gasteiger charge is 2.25. The lowest BCUT2D eigenvalue weighted by Crippen LogP contribution is -2.52. The summed E-state index contributed by atoms with van der Waals surface area (Å²) >= 11 is 0. The number of fused-ring (bicyclic) bond motifs is 1. The number of carbonyl (C=O) groups is 1. The van der Waals surface area contributed by atoms with Crippen LogP contribution in [0.25, 0.3) is 22.3 Å². The van der Waals surface area contributed by atoms with Crippen molar-refractivity contribution in [2.45, 2.75) is 0 Å². The first-order valence-corrected chi connectivity index (χ1v) is 9.79. The van der Waals surface area contributed by atoms with Gasteiger partial charge in [-0.3, -0.25) is 4.79 Å². The van der Waals surface area contributed by atoms with Gasteiger partial charge in [-0.1, -0.05) is 36.4 Å². The maximum Gasteiger partial charge on any atom is 0.273 e. The molecule has 0 aliphatic rings. The highest BCUT2D eigenvalue weighted by molar-refractivity contribution is 5.95. The summed E-state index contributed by atoms with van der Waals surface area (Å²) in [6, 6.07) is 18.9. The summed E-state index contributed by atoms with van der Waals surface area (Å²) in [4.78, 5) is 25.9. The van der Waals surface area contributed by atoms with Gasteiger partial charge < -0.3 is 9.72 Å². The number of anilines is 1. The Balaban J connectivity index is 1.78. The van der Waals surface area contributed by atoms with Crippen molar-refractivity contribution >= 4 is 22.9 Å². The number of hydrogen-bond donors (Lipinski definition) is 1. The Hall–Kier alpha value is -3.91. The first-order chi connectivity index (χ1) is 15.0. The fourth-order valence-electron chi connectivity index (χ4n) is 3.45. The van der Waals surface area contributed by atoms with Gasteiger partial charge in [0.2, 0.25) is 0 Å². The van der Waals surface area contributed by atoms with Crippen molar-refractivity contribution in [1.82, 2.24) is 25.0 Å². The van der Waals surface area contributed by atoms with E-state index in [0.717, 1.165) is 16.6 Å². The molecule has 0 spiro atoms. The van der Waals surface area contributed by atoms with Gasteiger partial charge in [0.25, 0.3) is 11.9 Å². The van der Waals surface area contributed by atoms with Gasteiger partial charge >= 0.3 is 0 Å². The number of nitrogens with one attached hydrogen (secondary N) is 1. The van der Waals surface area contributed by atoms with Crippen LogP contribution in [0.2, 0.25) is 0 Å². The fraction of sp³-hybridized carbons (Fsp3) is 0.174. The molecule has 2 aromatic carbocycles. The molecule has 1 amide bonds. The Morgan fingerprint density at radius 3 is 2.45 bits per heavy atom. The minimum atomic E-state index is -0.218. The van der Waals surface area contributed by atoms with Crippen molar-refractivity contribution < 1.29 is 9.53 Å². The molecule has 8 nitrogen and oxygen atoms in total. The van der Waals surface area contributed by atoms with E-state index < -0.39 is 0 Å². The molecule has 2 aromatic heterocycles. The van der Waals surface area contributed by atoms with Crippen LogP contribution in [0.5, 0.6) is 5.75 Å². The first kappa shape index (κ1) is 20.4. The van der Waals surface area contributed by atoms with Crippen LogP contribution in [0.3, 0.4) is 0 Å². The van der Waals surface area contributed by atoms with Crippen molar-refractivity contribution in [3.8, 4) is 17.0 Å². The first-order valence-electron chi connectivity index (χ1n) is 9.79. The number of amides is 1. The highest BCUT2D eigenvalue weighted by atomic mass is 16.5. The van der Waals surface area contributed by atoms with E-state index in [1.807, 2.05) is 56.7 Å². The molecular weight excluding hydrogens is 392 g/mol. The van der Waals surface area contributed by atoms with Crippen LogP contribution in [0.15, 0.2) is 66.9 Å². The van der Waals surface area contributed by atoms with Crippen molar-refractivity contribution in [1.29, 1.82) is 0 Å². The van der Waals surface area contributed by atoms with E-state index in [-0.39, 0.29) is 5.91 Å². The quantitative estimate of drug-likeness (QED) is 0.484. The molecule has 0 radical (unpaired) electrons. The third kappa shape index (κ3) is 3.93. The minimum absolute atomic E-state index is 0.218. The zero-order valence-corrected chi connectivity index (χ0v) is 17.9. The molecular formula is C23H24N6O2. The molecule has 0 saturated heterocycles. The third-order valence-electron chi connectivity index (χ3n) is 4.90. The average Bonchev–Trinajstić information content (AvgIpc) is 3.27. The van der Waals surface area contributed by atoms with E-state index in [2.05, 4.69) is 9.97 Å². The van der Waals surface area contributed by atoms with Crippen LogP contribution in [0.1, 0.15) is 10.4 Å². The smallest absolute Gasteiger partial charge is 0.273 e. The van der Waals surface area contributed by atoms with E-state index in [1.165, 1.54) is 5.01 Å². The Morgan fingerprint density at radius 1 is 0.968 bits per heavy atom.